The highest BCUT2D eigenvalue weighted by Crippen LogP contribution is 2.15. The van der Waals surface area contributed by atoms with Gasteiger partial charge in [0, 0.05) is 19.4 Å². The molecule has 0 aliphatic rings. The average Bonchev–Trinajstić information content (AvgIpc) is 3.25. The van der Waals surface area contributed by atoms with Gasteiger partial charge in [-0.05, 0) is 70.6 Å². The lowest BCUT2D eigenvalue weighted by Crippen LogP contribution is -2.30. The van der Waals surface area contributed by atoms with E-state index >= 15 is 0 Å². The van der Waals surface area contributed by atoms with Crippen molar-refractivity contribution < 1.29 is 23.8 Å². The van der Waals surface area contributed by atoms with E-state index in [4.69, 9.17) is 14.2 Å². The van der Waals surface area contributed by atoms with Gasteiger partial charge >= 0.3 is 11.9 Å². The summed E-state index contributed by atoms with van der Waals surface area (Å²) in [5.41, 5.74) is 0. The maximum absolute atomic E-state index is 12.8. The third kappa shape index (κ3) is 48.3. The van der Waals surface area contributed by atoms with E-state index in [1.807, 2.05) is 6.08 Å². The van der Waals surface area contributed by atoms with E-state index in [1.54, 1.807) is 0 Å². The summed E-state index contributed by atoms with van der Waals surface area (Å²) in [6.07, 6.45) is 63.9. The quantitative estimate of drug-likeness (QED) is 0.0347. The van der Waals surface area contributed by atoms with Gasteiger partial charge in [0.15, 0.2) is 6.10 Å². The minimum absolute atomic E-state index is 0.0457. The molecule has 0 saturated heterocycles. The molecular weight excluding hydrogens is 741 g/mol. The largest absolute Gasteiger partial charge is 0.462 e. The predicted octanol–water partition coefficient (Wildman–Crippen LogP) is 17.3. The molecule has 5 nitrogen and oxygen atoms in total. The van der Waals surface area contributed by atoms with Crippen molar-refractivity contribution in [2.24, 2.45) is 0 Å². The molecule has 60 heavy (non-hydrogen) atoms. The molecule has 0 rings (SSSR count). The zero-order valence-corrected chi connectivity index (χ0v) is 40.0. The van der Waals surface area contributed by atoms with Gasteiger partial charge in [0.2, 0.25) is 0 Å². The summed E-state index contributed by atoms with van der Waals surface area (Å²) in [7, 11) is 0. The van der Waals surface area contributed by atoms with Crippen LogP contribution in [0.15, 0.2) is 60.8 Å². The first-order valence-corrected chi connectivity index (χ1v) is 25.8. The number of ether oxygens (including phenoxy) is 3. The van der Waals surface area contributed by atoms with Gasteiger partial charge in [0.05, 0.1) is 6.61 Å². The predicted molar refractivity (Wildman–Crippen MR) is 261 cm³/mol. The summed E-state index contributed by atoms with van der Waals surface area (Å²) in [4.78, 5) is 25.3. The molecule has 0 aliphatic carbocycles. The van der Waals surface area contributed by atoms with Crippen LogP contribution in [0.5, 0.6) is 0 Å². The summed E-state index contributed by atoms with van der Waals surface area (Å²) in [5.74, 6) is -0.494. The van der Waals surface area contributed by atoms with E-state index in [-0.39, 0.29) is 25.2 Å². The first-order valence-electron chi connectivity index (χ1n) is 25.8. The molecule has 0 aromatic carbocycles. The fourth-order valence-corrected chi connectivity index (χ4v) is 7.22. The Kier molecular flexibility index (Phi) is 48.9. The molecule has 0 fully saturated rings. The highest BCUT2D eigenvalue weighted by molar-refractivity contribution is 5.70. The van der Waals surface area contributed by atoms with E-state index < -0.39 is 6.10 Å². The lowest BCUT2D eigenvalue weighted by atomic mass is 10.0. The Morgan fingerprint density at radius 3 is 1.28 bits per heavy atom. The van der Waals surface area contributed by atoms with Crippen LogP contribution in [-0.4, -0.2) is 37.9 Å². The Morgan fingerprint density at radius 2 is 0.783 bits per heavy atom. The number of esters is 2. The third-order valence-electron chi connectivity index (χ3n) is 11.1. The van der Waals surface area contributed by atoms with Crippen molar-refractivity contribution in [2.45, 2.75) is 258 Å². The first-order chi connectivity index (χ1) is 29.6. The number of carbonyl (C=O) groups is 2. The highest BCUT2D eigenvalue weighted by Gasteiger charge is 2.17. The van der Waals surface area contributed by atoms with Crippen LogP contribution < -0.4 is 0 Å². The summed E-state index contributed by atoms with van der Waals surface area (Å²) in [6.45, 7) is 7.64. The summed E-state index contributed by atoms with van der Waals surface area (Å²) >= 11 is 0. The molecule has 0 bridgehead atoms. The monoisotopic (exact) mass is 839 g/mol. The highest BCUT2D eigenvalue weighted by atomic mass is 16.6. The van der Waals surface area contributed by atoms with Crippen molar-refractivity contribution in [2.75, 3.05) is 19.8 Å². The van der Waals surface area contributed by atoms with E-state index in [0.717, 1.165) is 64.2 Å². The average molecular weight is 839 g/mol. The van der Waals surface area contributed by atoms with Gasteiger partial charge in [-0.15, -0.1) is 0 Å². The molecule has 348 valence electrons. The fraction of sp³-hybridized carbons (Fsp3) is 0.782. The molecule has 0 amide bonds. The molecular formula is C55H98O5. The van der Waals surface area contributed by atoms with Crippen molar-refractivity contribution in [1.29, 1.82) is 0 Å². The first kappa shape index (κ1) is 57.6. The van der Waals surface area contributed by atoms with Gasteiger partial charge in [-0.3, -0.25) is 9.59 Å². The number of unbranched alkanes of at least 4 members (excludes halogenated alkanes) is 26. The van der Waals surface area contributed by atoms with E-state index in [0.29, 0.717) is 25.9 Å². The van der Waals surface area contributed by atoms with Crippen LogP contribution in [0, 0.1) is 0 Å². The second kappa shape index (κ2) is 51.0. The Balaban J connectivity index is 4.30. The smallest absolute Gasteiger partial charge is 0.306 e. The molecule has 1 unspecified atom stereocenters. The maximum Gasteiger partial charge on any atom is 0.306 e. The number of allylic oxidation sites excluding steroid dienone is 10. The fourth-order valence-electron chi connectivity index (χ4n) is 7.22. The molecule has 5 heteroatoms. The van der Waals surface area contributed by atoms with E-state index in [2.05, 4.69) is 75.5 Å². The van der Waals surface area contributed by atoms with Gasteiger partial charge in [-0.2, -0.15) is 0 Å². The molecule has 0 radical (unpaired) electrons. The minimum Gasteiger partial charge on any atom is -0.462 e. The third-order valence-corrected chi connectivity index (χ3v) is 11.1. The lowest BCUT2D eigenvalue weighted by molar-refractivity contribution is -0.162. The van der Waals surface area contributed by atoms with Gasteiger partial charge in [0.25, 0.3) is 0 Å². The maximum atomic E-state index is 12.8. The van der Waals surface area contributed by atoms with Crippen LogP contribution in [0.25, 0.3) is 0 Å². The zero-order chi connectivity index (χ0) is 43.5. The number of hydrogen-bond acceptors (Lipinski definition) is 5. The van der Waals surface area contributed by atoms with Gasteiger partial charge < -0.3 is 14.2 Å². The standard InChI is InChI=1S/C55H98O5/c1-4-7-10-13-16-19-22-25-26-27-28-29-32-35-38-41-44-47-50-58-51-53(60-55(57)49-46-43-40-37-34-31-24-21-18-15-12-9-6-3)52-59-54(56)48-45-42-39-36-33-30-23-20-17-14-11-8-5-2/h8,11,17,20-21,24,30,33,39,42,53H,4-7,9-10,12-16,18-19,22-23,25-29,31-32,34-38,40-41,43-52H2,1-3H3/b11-8-,20-17-,24-21-,33-30-,42-39-. The second-order valence-electron chi connectivity index (χ2n) is 17.0. The van der Waals surface area contributed by atoms with Crippen molar-refractivity contribution in [3.8, 4) is 0 Å². The van der Waals surface area contributed by atoms with Crippen molar-refractivity contribution in [3.05, 3.63) is 60.8 Å². The van der Waals surface area contributed by atoms with Crippen LogP contribution in [0.2, 0.25) is 0 Å². The second-order valence-corrected chi connectivity index (χ2v) is 17.0. The summed E-state index contributed by atoms with van der Waals surface area (Å²) < 4.78 is 17.3. The number of carbonyl (C=O) groups excluding carboxylic acids is 2. The van der Waals surface area contributed by atoms with E-state index in [9.17, 15) is 9.59 Å². The molecule has 0 spiro atoms. The SMILES string of the molecule is CC/C=C\C/C=C\C/C=C\C/C=C\CCC(=O)OCC(COCCCCCCCCCCCCCCCCCCCC)OC(=O)CCCCCCC/C=C\CCCCCC. The summed E-state index contributed by atoms with van der Waals surface area (Å²) in [6, 6.07) is 0. The Hall–Kier alpha value is -2.40. The normalized spacial score (nSPS) is 12.7. The van der Waals surface area contributed by atoms with Gasteiger partial charge in [-0.1, -0.05) is 229 Å². The van der Waals surface area contributed by atoms with Crippen LogP contribution in [0.1, 0.15) is 252 Å². The van der Waals surface area contributed by atoms with Crippen LogP contribution in [-0.2, 0) is 23.8 Å². The van der Waals surface area contributed by atoms with Crippen LogP contribution >= 0.6 is 0 Å². The van der Waals surface area contributed by atoms with Crippen molar-refractivity contribution in [3.63, 3.8) is 0 Å². The van der Waals surface area contributed by atoms with Gasteiger partial charge in [0.1, 0.15) is 6.61 Å². The number of rotatable bonds is 47. The molecule has 0 aliphatic heterocycles. The summed E-state index contributed by atoms with van der Waals surface area (Å²) in [5, 5.41) is 0. The molecule has 1 atom stereocenters. The molecule has 0 N–H and O–H groups in total. The van der Waals surface area contributed by atoms with E-state index in [1.165, 1.54) is 148 Å². The number of hydrogen-bond donors (Lipinski definition) is 0. The van der Waals surface area contributed by atoms with Gasteiger partial charge in [-0.25, -0.2) is 0 Å². The zero-order valence-electron chi connectivity index (χ0n) is 40.0. The molecule has 0 aromatic heterocycles. The molecule has 0 heterocycles. The topological polar surface area (TPSA) is 61.8 Å². The Bertz CT molecular complexity index is 1040. The van der Waals surface area contributed by atoms with Crippen LogP contribution in [0.4, 0.5) is 0 Å². The minimum atomic E-state index is -0.567. The Labute approximate surface area is 373 Å². The van der Waals surface area contributed by atoms with Crippen molar-refractivity contribution >= 4 is 11.9 Å². The lowest BCUT2D eigenvalue weighted by Gasteiger charge is -2.18. The Morgan fingerprint density at radius 1 is 0.383 bits per heavy atom. The van der Waals surface area contributed by atoms with Crippen LogP contribution in [0.3, 0.4) is 0 Å². The van der Waals surface area contributed by atoms with Crippen molar-refractivity contribution in [1.82, 2.24) is 0 Å². The molecule has 0 aromatic rings. The molecule has 0 saturated carbocycles.